The van der Waals surface area contributed by atoms with E-state index in [1.165, 1.54) is 0 Å². The Morgan fingerprint density at radius 3 is 2.43 bits per heavy atom. The molecule has 1 N–H and O–H groups in total. The first-order valence-electron chi connectivity index (χ1n) is 7.62. The van der Waals surface area contributed by atoms with E-state index in [2.05, 4.69) is 35.1 Å². The maximum absolute atomic E-state index is 12.7. The van der Waals surface area contributed by atoms with E-state index in [1.807, 2.05) is 31.2 Å². The van der Waals surface area contributed by atoms with Crippen molar-refractivity contribution in [2.75, 3.05) is 11.9 Å². The van der Waals surface area contributed by atoms with Gasteiger partial charge in [-0.1, -0.05) is 42.6 Å². The van der Waals surface area contributed by atoms with E-state index in [9.17, 15) is 4.79 Å². The van der Waals surface area contributed by atoms with Crippen molar-refractivity contribution in [2.24, 2.45) is 5.41 Å². The Morgan fingerprint density at radius 1 is 1.24 bits per heavy atom. The zero-order valence-electron chi connectivity index (χ0n) is 13.0. The fourth-order valence-electron chi connectivity index (χ4n) is 3.20. The number of nitrogens with one attached hydrogen (secondary N) is 1. The Labute approximate surface area is 135 Å². The van der Waals surface area contributed by atoms with Crippen LogP contribution in [0.3, 0.4) is 0 Å². The highest BCUT2D eigenvalue weighted by atomic mass is 79.9. The lowest BCUT2D eigenvalue weighted by Gasteiger charge is -2.48. The van der Waals surface area contributed by atoms with Crippen LogP contribution in [0.1, 0.15) is 46.5 Å². The summed E-state index contributed by atoms with van der Waals surface area (Å²) in [6.07, 6.45) is 4.05. The summed E-state index contributed by atoms with van der Waals surface area (Å²) in [5.41, 5.74) is 0.181. The van der Waals surface area contributed by atoms with E-state index in [0.717, 1.165) is 35.8 Å². The lowest BCUT2D eigenvalue weighted by molar-refractivity contribution is -0.155. The van der Waals surface area contributed by atoms with E-state index in [-0.39, 0.29) is 11.4 Å². The minimum atomic E-state index is -0.644. The van der Waals surface area contributed by atoms with Crippen molar-refractivity contribution in [2.45, 2.75) is 52.0 Å². The van der Waals surface area contributed by atoms with E-state index in [0.29, 0.717) is 6.61 Å². The molecule has 0 radical (unpaired) electrons. The van der Waals surface area contributed by atoms with Gasteiger partial charge in [0.25, 0.3) is 0 Å². The van der Waals surface area contributed by atoms with Gasteiger partial charge in [0.15, 0.2) is 0 Å². The zero-order valence-corrected chi connectivity index (χ0v) is 14.6. The molecule has 116 valence electrons. The van der Waals surface area contributed by atoms with Crippen LogP contribution in [0.5, 0.6) is 0 Å². The average Bonchev–Trinajstić information content (AvgIpc) is 2.43. The molecule has 2 rings (SSSR count). The average molecular weight is 354 g/mol. The van der Waals surface area contributed by atoms with Crippen LogP contribution in [0.4, 0.5) is 5.69 Å². The highest BCUT2D eigenvalue weighted by Gasteiger charge is 2.53. The summed E-state index contributed by atoms with van der Waals surface area (Å²) in [6.45, 7) is 6.60. The Balaban J connectivity index is 2.35. The fraction of sp³-hybridized carbons (Fsp3) is 0.588. The molecule has 3 nitrogen and oxygen atoms in total. The summed E-state index contributed by atoms with van der Waals surface area (Å²) in [6, 6.07) is 7.96. The predicted molar refractivity (Wildman–Crippen MR) is 89.4 cm³/mol. The molecule has 1 saturated carbocycles. The summed E-state index contributed by atoms with van der Waals surface area (Å²) in [5.74, 6) is -0.127. The van der Waals surface area contributed by atoms with Crippen LogP contribution in [0, 0.1) is 5.41 Å². The quantitative estimate of drug-likeness (QED) is 0.792. The van der Waals surface area contributed by atoms with Gasteiger partial charge in [-0.3, -0.25) is 0 Å². The molecule has 0 aliphatic heterocycles. The van der Waals surface area contributed by atoms with Crippen molar-refractivity contribution in [1.82, 2.24) is 0 Å². The minimum Gasteiger partial charge on any atom is -0.464 e. The lowest BCUT2D eigenvalue weighted by Crippen LogP contribution is -2.59. The third-order valence-corrected chi connectivity index (χ3v) is 5.11. The Morgan fingerprint density at radius 2 is 1.86 bits per heavy atom. The number of benzene rings is 1. The van der Waals surface area contributed by atoms with Gasteiger partial charge in [0, 0.05) is 10.2 Å². The molecule has 1 unspecified atom stereocenters. The third kappa shape index (κ3) is 3.25. The standard InChI is InChI=1S/C17H24BrNO2/c1-4-21-15(20)17(12-6-5-11-16(17,2)3)19-14-9-7-13(18)8-10-14/h7-10,19H,4-6,11-12H2,1-3H3. The number of hydrogen-bond donors (Lipinski definition) is 1. The maximum atomic E-state index is 12.7. The van der Waals surface area contributed by atoms with Crippen LogP contribution in [0.25, 0.3) is 0 Å². The van der Waals surface area contributed by atoms with Gasteiger partial charge < -0.3 is 10.1 Å². The van der Waals surface area contributed by atoms with Crippen LogP contribution in [-0.2, 0) is 9.53 Å². The normalized spacial score (nSPS) is 24.4. The molecule has 0 bridgehead atoms. The molecule has 1 fully saturated rings. The van der Waals surface area contributed by atoms with Gasteiger partial charge in [0.1, 0.15) is 5.54 Å². The number of esters is 1. The highest BCUT2D eigenvalue weighted by molar-refractivity contribution is 9.10. The number of carbonyl (C=O) groups is 1. The summed E-state index contributed by atoms with van der Waals surface area (Å²) < 4.78 is 6.43. The van der Waals surface area contributed by atoms with Gasteiger partial charge in [0.2, 0.25) is 0 Å². The second-order valence-corrected chi connectivity index (χ2v) is 7.26. The predicted octanol–water partition coefficient (Wildman–Crippen LogP) is 4.76. The molecule has 0 saturated heterocycles. The first-order valence-corrected chi connectivity index (χ1v) is 8.41. The van der Waals surface area contributed by atoms with E-state index >= 15 is 0 Å². The number of rotatable bonds is 4. The zero-order chi connectivity index (χ0) is 15.5. The van der Waals surface area contributed by atoms with Crippen LogP contribution >= 0.6 is 15.9 Å². The van der Waals surface area contributed by atoms with Gasteiger partial charge in [-0.05, 0) is 49.4 Å². The summed E-state index contributed by atoms with van der Waals surface area (Å²) >= 11 is 3.44. The molecule has 1 aliphatic rings. The maximum Gasteiger partial charge on any atom is 0.332 e. The highest BCUT2D eigenvalue weighted by Crippen LogP contribution is 2.46. The molecular weight excluding hydrogens is 330 g/mol. The van der Waals surface area contributed by atoms with Crippen molar-refractivity contribution in [3.8, 4) is 0 Å². The largest absolute Gasteiger partial charge is 0.464 e. The SMILES string of the molecule is CCOC(=O)C1(Nc2ccc(Br)cc2)CCCCC1(C)C. The lowest BCUT2D eigenvalue weighted by atomic mass is 9.63. The number of hydrogen-bond acceptors (Lipinski definition) is 3. The first kappa shape index (κ1) is 16.3. The van der Waals surface area contributed by atoms with E-state index in [1.54, 1.807) is 0 Å². The molecule has 4 heteroatoms. The van der Waals surface area contributed by atoms with Crippen molar-refractivity contribution in [1.29, 1.82) is 0 Å². The number of anilines is 1. The molecule has 1 aliphatic carbocycles. The van der Waals surface area contributed by atoms with Crippen molar-refractivity contribution in [3.05, 3.63) is 28.7 Å². The van der Waals surface area contributed by atoms with E-state index in [4.69, 9.17) is 4.74 Å². The minimum absolute atomic E-state index is 0.127. The number of ether oxygens (including phenoxy) is 1. The Bertz CT molecular complexity index is 498. The van der Waals surface area contributed by atoms with E-state index < -0.39 is 5.54 Å². The van der Waals surface area contributed by atoms with Gasteiger partial charge >= 0.3 is 5.97 Å². The smallest absolute Gasteiger partial charge is 0.332 e. The van der Waals surface area contributed by atoms with Crippen molar-refractivity contribution < 1.29 is 9.53 Å². The van der Waals surface area contributed by atoms with Crippen molar-refractivity contribution >= 4 is 27.6 Å². The molecule has 1 aromatic rings. The summed E-state index contributed by atoms with van der Waals surface area (Å²) in [7, 11) is 0. The second-order valence-electron chi connectivity index (χ2n) is 6.35. The van der Waals surface area contributed by atoms with Crippen molar-refractivity contribution in [3.63, 3.8) is 0 Å². The Hall–Kier alpha value is -1.03. The van der Waals surface area contributed by atoms with Gasteiger partial charge in [-0.15, -0.1) is 0 Å². The van der Waals surface area contributed by atoms with Crippen LogP contribution in [0.15, 0.2) is 28.7 Å². The number of carbonyl (C=O) groups excluding carboxylic acids is 1. The van der Waals surface area contributed by atoms with Crippen LogP contribution in [-0.4, -0.2) is 18.1 Å². The summed E-state index contributed by atoms with van der Waals surface area (Å²) in [5, 5.41) is 3.50. The molecule has 21 heavy (non-hydrogen) atoms. The topological polar surface area (TPSA) is 38.3 Å². The Kier molecular flexibility index (Phi) is 4.97. The fourth-order valence-corrected chi connectivity index (χ4v) is 3.47. The monoisotopic (exact) mass is 353 g/mol. The third-order valence-electron chi connectivity index (χ3n) is 4.58. The second kappa shape index (κ2) is 6.39. The van der Waals surface area contributed by atoms with Gasteiger partial charge in [-0.25, -0.2) is 4.79 Å². The number of halogens is 1. The molecular formula is C17H24BrNO2. The molecule has 0 heterocycles. The molecule has 0 spiro atoms. The van der Waals surface area contributed by atoms with Gasteiger partial charge in [0.05, 0.1) is 6.61 Å². The first-order chi connectivity index (χ1) is 9.91. The molecule has 0 aromatic heterocycles. The van der Waals surface area contributed by atoms with Crippen LogP contribution < -0.4 is 5.32 Å². The van der Waals surface area contributed by atoms with Crippen LogP contribution in [0.2, 0.25) is 0 Å². The van der Waals surface area contributed by atoms with Gasteiger partial charge in [-0.2, -0.15) is 0 Å². The molecule has 1 atom stereocenters. The molecule has 0 amide bonds. The summed E-state index contributed by atoms with van der Waals surface area (Å²) in [4.78, 5) is 12.7. The molecule has 1 aromatic carbocycles.